The number of nitriles is 1. The number of carbonyl (C=O) groups excluding carboxylic acids is 2. The molecule has 0 fully saturated rings. The van der Waals surface area contributed by atoms with Gasteiger partial charge in [-0.05, 0) is 61.4 Å². The van der Waals surface area contributed by atoms with Crippen molar-refractivity contribution in [3.63, 3.8) is 0 Å². The molecule has 1 aromatic heterocycles. The lowest BCUT2D eigenvalue weighted by molar-refractivity contribution is 0.0527. The average molecular weight is 449 g/mol. The number of nitrogens with one attached hydrogen (secondary N) is 1. The summed E-state index contributed by atoms with van der Waals surface area (Å²) in [6.45, 7) is 4.02. The number of ether oxygens (including phenoxy) is 3. The van der Waals surface area contributed by atoms with Gasteiger partial charge in [-0.3, -0.25) is 4.79 Å². The molecule has 0 saturated carbocycles. The van der Waals surface area contributed by atoms with Crippen LogP contribution < -0.4 is 14.8 Å². The summed E-state index contributed by atoms with van der Waals surface area (Å²) in [6, 6.07) is 14.1. The number of carbonyl (C=O) groups is 2. The molecule has 7 nitrogen and oxygen atoms in total. The second-order valence-electron chi connectivity index (χ2n) is 7.08. The van der Waals surface area contributed by atoms with Crippen LogP contribution in [0.3, 0.4) is 0 Å². The molecule has 0 saturated heterocycles. The number of benzene rings is 2. The maximum Gasteiger partial charge on any atom is 0.341 e. The van der Waals surface area contributed by atoms with Gasteiger partial charge in [-0.2, -0.15) is 5.26 Å². The first-order valence-corrected chi connectivity index (χ1v) is 10.8. The van der Waals surface area contributed by atoms with Crippen LogP contribution in [0.4, 0.5) is 5.00 Å². The third-order valence-corrected chi connectivity index (χ3v) is 6.24. The van der Waals surface area contributed by atoms with E-state index in [-0.39, 0.29) is 19.3 Å². The van der Waals surface area contributed by atoms with Gasteiger partial charge in [0, 0.05) is 16.9 Å². The van der Waals surface area contributed by atoms with Gasteiger partial charge in [0.25, 0.3) is 5.91 Å². The van der Waals surface area contributed by atoms with E-state index in [4.69, 9.17) is 19.5 Å². The van der Waals surface area contributed by atoms with Gasteiger partial charge in [-0.1, -0.05) is 6.07 Å². The highest BCUT2D eigenvalue weighted by molar-refractivity contribution is 7.17. The molecule has 3 aromatic rings. The highest BCUT2D eigenvalue weighted by atomic mass is 32.1. The predicted octanol–water partition coefficient (Wildman–Crippen LogP) is 4.68. The summed E-state index contributed by atoms with van der Waals surface area (Å²) in [5, 5.41) is 12.2. The van der Waals surface area contributed by atoms with Crippen LogP contribution in [0.25, 0.3) is 0 Å². The molecule has 1 N–H and O–H groups in total. The van der Waals surface area contributed by atoms with Crippen LogP contribution in [0.5, 0.6) is 11.5 Å². The SMILES string of the molecule is CCOC(=O)c1c(NC(=O)c2ccc(C#N)cc2)sc(Cc2ccc3c(c2)OCO3)c1C. The Morgan fingerprint density at radius 2 is 1.91 bits per heavy atom. The number of hydrogen-bond acceptors (Lipinski definition) is 7. The Morgan fingerprint density at radius 3 is 2.62 bits per heavy atom. The predicted molar refractivity (Wildman–Crippen MR) is 119 cm³/mol. The number of rotatable bonds is 6. The Kier molecular flexibility index (Phi) is 6.10. The van der Waals surface area contributed by atoms with Crippen molar-refractivity contribution in [3.05, 3.63) is 75.2 Å². The van der Waals surface area contributed by atoms with Gasteiger partial charge in [-0.15, -0.1) is 11.3 Å². The molecule has 1 aliphatic heterocycles. The largest absolute Gasteiger partial charge is 0.462 e. The topological polar surface area (TPSA) is 97.7 Å². The van der Waals surface area contributed by atoms with Crippen molar-refractivity contribution >= 4 is 28.2 Å². The highest BCUT2D eigenvalue weighted by Crippen LogP contribution is 2.38. The fourth-order valence-electron chi connectivity index (χ4n) is 3.37. The van der Waals surface area contributed by atoms with Gasteiger partial charge >= 0.3 is 5.97 Å². The Hall–Kier alpha value is -3.83. The molecule has 0 atom stereocenters. The van der Waals surface area contributed by atoms with Gasteiger partial charge in [0.05, 0.1) is 23.8 Å². The summed E-state index contributed by atoms with van der Waals surface area (Å²) >= 11 is 1.34. The van der Waals surface area contributed by atoms with Crippen molar-refractivity contribution in [2.24, 2.45) is 0 Å². The number of hydrogen-bond donors (Lipinski definition) is 1. The number of anilines is 1. The standard InChI is InChI=1S/C24H20N2O5S/c1-3-29-24(28)21-14(2)20(11-16-6-9-18-19(10-16)31-13-30-18)32-23(21)26-22(27)17-7-4-15(12-25)5-8-17/h4-10H,3,11,13H2,1-2H3,(H,26,27). The normalized spacial score (nSPS) is 11.7. The summed E-state index contributed by atoms with van der Waals surface area (Å²) in [4.78, 5) is 26.4. The molecular weight excluding hydrogens is 428 g/mol. The van der Waals surface area contributed by atoms with Crippen LogP contribution in [0, 0.1) is 18.3 Å². The molecule has 0 spiro atoms. The zero-order chi connectivity index (χ0) is 22.7. The first kappa shape index (κ1) is 21.4. The van der Waals surface area contributed by atoms with E-state index >= 15 is 0 Å². The third kappa shape index (κ3) is 4.29. The highest BCUT2D eigenvalue weighted by Gasteiger charge is 2.24. The summed E-state index contributed by atoms with van der Waals surface area (Å²) in [7, 11) is 0. The first-order valence-electron chi connectivity index (χ1n) is 9.99. The Morgan fingerprint density at radius 1 is 1.16 bits per heavy atom. The van der Waals surface area contributed by atoms with E-state index in [1.807, 2.05) is 31.2 Å². The molecule has 8 heteroatoms. The lowest BCUT2D eigenvalue weighted by Crippen LogP contribution is -2.14. The van der Waals surface area contributed by atoms with Crippen molar-refractivity contribution < 1.29 is 23.8 Å². The minimum Gasteiger partial charge on any atom is -0.462 e. The minimum absolute atomic E-state index is 0.204. The molecule has 2 aromatic carbocycles. The quantitative estimate of drug-likeness (QED) is 0.550. The number of esters is 1. The van der Waals surface area contributed by atoms with Gasteiger partial charge in [0.2, 0.25) is 6.79 Å². The maximum atomic E-state index is 12.8. The van der Waals surface area contributed by atoms with Gasteiger partial charge in [-0.25, -0.2) is 4.79 Å². The molecule has 0 aliphatic carbocycles. The Bertz CT molecular complexity index is 1220. The van der Waals surface area contributed by atoms with Crippen LogP contribution in [0.2, 0.25) is 0 Å². The van der Waals surface area contributed by atoms with Crippen molar-refractivity contribution in [3.8, 4) is 17.6 Å². The summed E-state index contributed by atoms with van der Waals surface area (Å²) in [5.74, 6) is 0.556. The molecule has 0 unspecified atom stereocenters. The molecule has 1 amide bonds. The van der Waals surface area contributed by atoms with Crippen LogP contribution >= 0.6 is 11.3 Å². The van der Waals surface area contributed by atoms with Crippen LogP contribution in [0.15, 0.2) is 42.5 Å². The van der Waals surface area contributed by atoms with Crippen molar-refractivity contribution in [2.75, 3.05) is 18.7 Å². The molecule has 162 valence electrons. The van der Waals surface area contributed by atoms with E-state index < -0.39 is 5.97 Å². The fourth-order valence-corrected chi connectivity index (χ4v) is 4.60. The summed E-state index contributed by atoms with van der Waals surface area (Å²) in [6.07, 6.45) is 0.562. The zero-order valence-electron chi connectivity index (χ0n) is 17.6. The second-order valence-corrected chi connectivity index (χ2v) is 8.19. The van der Waals surface area contributed by atoms with Gasteiger partial charge < -0.3 is 19.5 Å². The lowest BCUT2D eigenvalue weighted by atomic mass is 10.1. The van der Waals surface area contributed by atoms with Crippen LogP contribution in [0.1, 0.15) is 49.2 Å². The minimum atomic E-state index is -0.478. The molecule has 2 heterocycles. The number of thiophene rings is 1. The van der Waals surface area contributed by atoms with Crippen molar-refractivity contribution in [2.45, 2.75) is 20.3 Å². The number of nitrogens with zero attached hydrogens (tertiary/aromatic N) is 1. The zero-order valence-corrected chi connectivity index (χ0v) is 18.4. The summed E-state index contributed by atoms with van der Waals surface area (Å²) < 4.78 is 16.1. The summed E-state index contributed by atoms with van der Waals surface area (Å²) in [5.41, 5.74) is 2.98. The third-order valence-electron chi connectivity index (χ3n) is 5.03. The smallest absolute Gasteiger partial charge is 0.341 e. The van der Waals surface area contributed by atoms with Crippen LogP contribution in [-0.2, 0) is 11.2 Å². The van der Waals surface area contributed by atoms with Crippen molar-refractivity contribution in [1.29, 1.82) is 5.26 Å². The van der Waals surface area contributed by atoms with E-state index in [9.17, 15) is 9.59 Å². The average Bonchev–Trinajstić information content (AvgIpc) is 3.38. The molecule has 0 radical (unpaired) electrons. The molecular formula is C24H20N2O5S. The molecule has 4 rings (SSSR count). The Labute approximate surface area is 189 Å². The monoisotopic (exact) mass is 448 g/mol. The number of amides is 1. The molecule has 1 aliphatic rings. The van der Waals surface area contributed by atoms with E-state index in [0.29, 0.717) is 39.6 Å². The maximum absolute atomic E-state index is 12.8. The van der Waals surface area contributed by atoms with E-state index in [0.717, 1.165) is 16.0 Å². The molecule has 0 bridgehead atoms. The van der Waals surface area contributed by atoms with E-state index in [1.54, 1.807) is 31.2 Å². The first-order chi connectivity index (χ1) is 15.5. The second kappa shape index (κ2) is 9.12. The van der Waals surface area contributed by atoms with Crippen molar-refractivity contribution in [1.82, 2.24) is 0 Å². The molecule has 32 heavy (non-hydrogen) atoms. The van der Waals surface area contributed by atoms with E-state index in [2.05, 4.69) is 5.32 Å². The lowest BCUT2D eigenvalue weighted by Gasteiger charge is -2.07. The fraction of sp³-hybridized carbons (Fsp3) is 0.208. The van der Waals surface area contributed by atoms with Gasteiger partial charge in [0.1, 0.15) is 5.00 Å². The number of fused-ring (bicyclic) bond motifs is 1. The Balaban J connectivity index is 1.63. The van der Waals surface area contributed by atoms with Crippen LogP contribution in [-0.4, -0.2) is 25.3 Å². The van der Waals surface area contributed by atoms with Gasteiger partial charge in [0.15, 0.2) is 11.5 Å². The van der Waals surface area contributed by atoms with E-state index in [1.165, 1.54) is 11.3 Å².